The Hall–Kier alpha value is -1.42. The Morgan fingerprint density at radius 1 is 1.47 bits per heavy atom. The smallest absolute Gasteiger partial charge is 0.158 e. The standard InChI is InChI=1S/C10H11ClN4/c1-3-8-7(2)10(11)15(14-8)9-4-5-12-6-13-9/h4-6H,3H2,1-2H3. The zero-order chi connectivity index (χ0) is 10.8. The van der Waals surface area contributed by atoms with Crippen LogP contribution in [0.3, 0.4) is 0 Å². The van der Waals surface area contributed by atoms with Crippen molar-refractivity contribution in [3.05, 3.63) is 35.0 Å². The minimum Gasteiger partial charge on any atom is -0.245 e. The number of rotatable bonds is 2. The molecule has 2 rings (SSSR count). The zero-order valence-corrected chi connectivity index (χ0v) is 9.36. The van der Waals surface area contributed by atoms with Gasteiger partial charge in [0.15, 0.2) is 5.82 Å². The second-order valence-corrected chi connectivity index (χ2v) is 3.55. The first kappa shape index (κ1) is 10.1. The molecule has 0 aliphatic rings. The van der Waals surface area contributed by atoms with Crippen LogP contribution in [-0.2, 0) is 6.42 Å². The second-order valence-electron chi connectivity index (χ2n) is 3.20. The van der Waals surface area contributed by atoms with Crippen molar-refractivity contribution in [1.29, 1.82) is 0 Å². The van der Waals surface area contributed by atoms with Crippen LogP contribution in [0.1, 0.15) is 18.2 Å². The second kappa shape index (κ2) is 3.98. The monoisotopic (exact) mass is 222 g/mol. The Balaban J connectivity index is 2.55. The highest BCUT2D eigenvalue weighted by Crippen LogP contribution is 2.21. The van der Waals surface area contributed by atoms with Crippen LogP contribution in [0.2, 0.25) is 5.15 Å². The van der Waals surface area contributed by atoms with E-state index in [1.807, 2.05) is 6.92 Å². The molecule has 0 aliphatic heterocycles. The van der Waals surface area contributed by atoms with Crippen LogP contribution in [-0.4, -0.2) is 19.7 Å². The largest absolute Gasteiger partial charge is 0.245 e. The average molecular weight is 223 g/mol. The zero-order valence-electron chi connectivity index (χ0n) is 8.61. The first-order valence-corrected chi connectivity index (χ1v) is 5.12. The molecular formula is C10H11ClN4. The Morgan fingerprint density at radius 2 is 2.27 bits per heavy atom. The first-order chi connectivity index (χ1) is 7.24. The van der Waals surface area contributed by atoms with Crippen LogP contribution in [0.15, 0.2) is 18.6 Å². The van der Waals surface area contributed by atoms with Crippen molar-refractivity contribution >= 4 is 11.6 Å². The SMILES string of the molecule is CCc1nn(-c2ccncn2)c(Cl)c1C. The van der Waals surface area contributed by atoms with E-state index in [0.717, 1.165) is 17.7 Å². The van der Waals surface area contributed by atoms with E-state index in [1.165, 1.54) is 6.33 Å². The molecule has 0 amide bonds. The minimum atomic E-state index is 0.616. The maximum Gasteiger partial charge on any atom is 0.158 e. The Morgan fingerprint density at radius 3 is 2.80 bits per heavy atom. The highest BCUT2D eigenvalue weighted by molar-refractivity contribution is 6.30. The van der Waals surface area contributed by atoms with Gasteiger partial charge in [-0.15, -0.1) is 0 Å². The molecule has 2 aromatic rings. The lowest BCUT2D eigenvalue weighted by Gasteiger charge is -1.99. The lowest BCUT2D eigenvalue weighted by molar-refractivity contribution is 0.811. The van der Waals surface area contributed by atoms with Crippen molar-refractivity contribution < 1.29 is 0 Å². The molecule has 0 spiro atoms. The van der Waals surface area contributed by atoms with Gasteiger partial charge in [0.05, 0.1) is 5.69 Å². The quantitative estimate of drug-likeness (QED) is 0.783. The lowest BCUT2D eigenvalue weighted by atomic mass is 10.2. The van der Waals surface area contributed by atoms with Gasteiger partial charge >= 0.3 is 0 Å². The van der Waals surface area contributed by atoms with Gasteiger partial charge in [-0.05, 0) is 13.3 Å². The molecule has 0 unspecified atom stereocenters. The average Bonchev–Trinajstić information content (AvgIpc) is 2.57. The molecule has 0 aromatic carbocycles. The number of aryl methyl sites for hydroxylation is 1. The third-order valence-electron chi connectivity index (χ3n) is 2.27. The Labute approximate surface area is 92.9 Å². The van der Waals surface area contributed by atoms with E-state index in [2.05, 4.69) is 22.0 Å². The summed E-state index contributed by atoms with van der Waals surface area (Å²) in [6, 6.07) is 1.78. The summed E-state index contributed by atoms with van der Waals surface area (Å²) in [4.78, 5) is 7.96. The summed E-state index contributed by atoms with van der Waals surface area (Å²) >= 11 is 6.17. The fourth-order valence-electron chi connectivity index (χ4n) is 1.41. The molecule has 0 radical (unpaired) electrons. The van der Waals surface area contributed by atoms with Crippen molar-refractivity contribution in [2.45, 2.75) is 20.3 Å². The third kappa shape index (κ3) is 1.72. The maximum absolute atomic E-state index is 6.17. The van der Waals surface area contributed by atoms with Gasteiger partial charge in [0.2, 0.25) is 0 Å². The molecule has 0 aliphatic carbocycles. The summed E-state index contributed by atoms with van der Waals surface area (Å²) in [5.41, 5.74) is 2.01. The predicted octanol–water partition coefficient (Wildman–Crippen LogP) is 2.19. The van der Waals surface area contributed by atoms with Crippen LogP contribution >= 0.6 is 11.6 Å². The van der Waals surface area contributed by atoms with Gasteiger partial charge in [-0.1, -0.05) is 18.5 Å². The van der Waals surface area contributed by atoms with Gasteiger partial charge in [-0.25, -0.2) is 14.6 Å². The van der Waals surface area contributed by atoms with Crippen LogP contribution in [0.25, 0.3) is 5.82 Å². The topological polar surface area (TPSA) is 43.6 Å². The number of nitrogens with zero attached hydrogens (tertiary/aromatic N) is 4. The van der Waals surface area contributed by atoms with Crippen molar-refractivity contribution in [1.82, 2.24) is 19.7 Å². The van der Waals surface area contributed by atoms with Crippen molar-refractivity contribution in [3.8, 4) is 5.82 Å². The summed E-state index contributed by atoms with van der Waals surface area (Å²) in [6.45, 7) is 4.02. The number of halogens is 1. The molecule has 5 heteroatoms. The van der Waals surface area contributed by atoms with Crippen LogP contribution in [0.4, 0.5) is 0 Å². The Bertz CT molecular complexity index is 464. The van der Waals surface area contributed by atoms with Crippen molar-refractivity contribution in [2.24, 2.45) is 0 Å². The number of hydrogen-bond donors (Lipinski definition) is 0. The van der Waals surface area contributed by atoms with Crippen molar-refractivity contribution in [2.75, 3.05) is 0 Å². The minimum absolute atomic E-state index is 0.616. The molecule has 0 bridgehead atoms. The van der Waals surface area contributed by atoms with Gasteiger partial charge < -0.3 is 0 Å². The van der Waals surface area contributed by atoms with E-state index in [1.54, 1.807) is 16.9 Å². The van der Waals surface area contributed by atoms with E-state index >= 15 is 0 Å². The maximum atomic E-state index is 6.17. The Kier molecular flexibility index (Phi) is 2.68. The van der Waals surface area contributed by atoms with Crippen LogP contribution in [0, 0.1) is 6.92 Å². The van der Waals surface area contributed by atoms with Crippen LogP contribution < -0.4 is 0 Å². The summed E-state index contributed by atoms with van der Waals surface area (Å²) in [6.07, 6.45) is 4.01. The van der Waals surface area contributed by atoms with E-state index in [9.17, 15) is 0 Å². The molecule has 0 saturated carbocycles. The first-order valence-electron chi connectivity index (χ1n) is 4.74. The lowest BCUT2D eigenvalue weighted by Crippen LogP contribution is -2.00. The molecule has 0 saturated heterocycles. The fourth-order valence-corrected chi connectivity index (χ4v) is 1.65. The summed E-state index contributed by atoms with van der Waals surface area (Å²) < 4.78 is 1.64. The highest BCUT2D eigenvalue weighted by atomic mass is 35.5. The molecular weight excluding hydrogens is 212 g/mol. The number of aromatic nitrogens is 4. The van der Waals surface area contributed by atoms with E-state index in [-0.39, 0.29) is 0 Å². The van der Waals surface area contributed by atoms with Crippen molar-refractivity contribution in [3.63, 3.8) is 0 Å². The van der Waals surface area contributed by atoms with Gasteiger partial charge in [0, 0.05) is 17.8 Å². The van der Waals surface area contributed by atoms with Gasteiger partial charge in [0.1, 0.15) is 11.5 Å². The highest BCUT2D eigenvalue weighted by Gasteiger charge is 2.12. The normalized spacial score (nSPS) is 10.6. The van der Waals surface area contributed by atoms with Gasteiger partial charge in [-0.2, -0.15) is 5.10 Å². The van der Waals surface area contributed by atoms with E-state index < -0.39 is 0 Å². The molecule has 4 nitrogen and oxygen atoms in total. The predicted molar refractivity (Wildman–Crippen MR) is 58.3 cm³/mol. The summed E-state index contributed by atoms with van der Waals surface area (Å²) in [7, 11) is 0. The third-order valence-corrected chi connectivity index (χ3v) is 2.71. The molecule has 78 valence electrons. The fraction of sp³-hybridized carbons (Fsp3) is 0.300. The molecule has 2 heterocycles. The number of hydrogen-bond acceptors (Lipinski definition) is 3. The molecule has 0 N–H and O–H groups in total. The van der Waals surface area contributed by atoms with Gasteiger partial charge in [0.25, 0.3) is 0 Å². The van der Waals surface area contributed by atoms with E-state index in [0.29, 0.717) is 11.0 Å². The van der Waals surface area contributed by atoms with Crippen LogP contribution in [0.5, 0.6) is 0 Å². The van der Waals surface area contributed by atoms with E-state index in [4.69, 9.17) is 11.6 Å². The van der Waals surface area contributed by atoms with Gasteiger partial charge in [-0.3, -0.25) is 0 Å². The summed E-state index contributed by atoms with van der Waals surface area (Å²) in [5.74, 6) is 0.692. The molecule has 0 atom stereocenters. The molecule has 15 heavy (non-hydrogen) atoms. The molecule has 0 fully saturated rings. The molecule has 2 aromatic heterocycles. The summed E-state index contributed by atoms with van der Waals surface area (Å²) in [5, 5.41) is 5.01.